The van der Waals surface area contributed by atoms with Gasteiger partial charge in [-0.15, -0.1) is 0 Å². The molecule has 72 valence electrons. The maximum atomic E-state index is 5.90. The van der Waals surface area contributed by atoms with Crippen molar-refractivity contribution in [3.63, 3.8) is 0 Å². The molecule has 0 heterocycles. The summed E-state index contributed by atoms with van der Waals surface area (Å²) in [6, 6.07) is 11.8. The molecule has 0 fully saturated rings. The van der Waals surface area contributed by atoms with Gasteiger partial charge in [0.25, 0.3) is 0 Å². The van der Waals surface area contributed by atoms with Crippen LogP contribution in [0, 0.1) is 0 Å². The van der Waals surface area contributed by atoms with Gasteiger partial charge in [0, 0.05) is 6.61 Å². The topological polar surface area (TPSA) is 9.23 Å². The quantitative estimate of drug-likeness (QED) is 0.669. The Morgan fingerprint density at radius 2 is 1.77 bits per heavy atom. The summed E-state index contributed by atoms with van der Waals surface area (Å²) in [5.74, 6) is 0. The predicted octanol–water partition coefficient (Wildman–Crippen LogP) is 2.53. The molecule has 0 N–H and O–H groups in total. The fraction of sp³-hybridized carbons (Fsp3) is 0.455. The molecule has 0 bridgehead atoms. The molecule has 0 aromatic heterocycles. The third-order valence-electron chi connectivity index (χ3n) is 2.52. The smallest absolute Gasteiger partial charge is 0.220 e. The molecule has 1 nitrogen and oxygen atoms in total. The molecule has 0 aliphatic carbocycles. The number of hydrogen-bond donors (Lipinski definition) is 0. The lowest BCUT2D eigenvalue weighted by Crippen LogP contribution is -2.47. The van der Waals surface area contributed by atoms with E-state index in [-0.39, 0.29) is 0 Å². The van der Waals surface area contributed by atoms with Crippen molar-refractivity contribution in [1.82, 2.24) is 0 Å². The fourth-order valence-corrected chi connectivity index (χ4v) is 3.81. The summed E-state index contributed by atoms with van der Waals surface area (Å²) < 4.78 is 5.90. The molecule has 0 radical (unpaired) electrons. The van der Waals surface area contributed by atoms with Crippen LogP contribution in [0.3, 0.4) is 0 Å². The van der Waals surface area contributed by atoms with E-state index in [0.717, 1.165) is 12.7 Å². The van der Waals surface area contributed by atoms with Gasteiger partial charge < -0.3 is 4.43 Å². The van der Waals surface area contributed by atoms with Crippen molar-refractivity contribution in [1.29, 1.82) is 0 Å². The van der Waals surface area contributed by atoms with Crippen LogP contribution in [0.15, 0.2) is 30.3 Å². The monoisotopic (exact) mass is 194 g/mol. The molecule has 0 aliphatic rings. The molecule has 0 saturated carbocycles. The van der Waals surface area contributed by atoms with Crippen molar-refractivity contribution >= 4 is 13.5 Å². The third kappa shape index (κ3) is 2.42. The van der Waals surface area contributed by atoms with Gasteiger partial charge in [0.2, 0.25) is 8.32 Å². The van der Waals surface area contributed by atoms with Crippen LogP contribution < -0.4 is 5.19 Å². The summed E-state index contributed by atoms with van der Waals surface area (Å²) in [6.07, 6.45) is 0. The Morgan fingerprint density at radius 3 is 2.23 bits per heavy atom. The summed E-state index contributed by atoms with van der Waals surface area (Å²) in [4.78, 5) is 0. The molecule has 1 rings (SSSR count). The number of rotatable bonds is 4. The van der Waals surface area contributed by atoms with Crippen LogP contribution in [0.25, 0.3) is 0 Å². The second kappa shape index (κ2) is 4.58. The van der Waals surface area contributed by atoms with E-state index in [4.69, 9.17) is 4.43 Å². The van der Waals surface area contributed by atoms with E-state index in [0.29, 0.717) is 0 Å². The highest BCUT2D eigenvalue weighted by Gasteiger charge is 2.28. The molecular weight excluding hydrogens is 176 g/mol. The Bertz CT molecular complexity index is 248. The minimum atomic E-state index is -1.60. The van der Waals surface area contributed by atoms with Gasteiger partial charge in [0.1, 0.15) is 0 Å². The highest BCUT2D eigenvalue weighted by Crippen LogP contribution is 2.10. The average molecular weight is 194 g/mol. The summed E-state index contributed by atoms with van der Waals surface area (Å²) in [6.45, 7) is 7.40. The molecule has 0 saturated heterocycles. The molecule has 1 atom stereocenters. The Labute approximate surface area is 81.9 Å². The van der Waals surface area contributed by atoms with Crippen molar-refractivity contribution in [2.45, 2.75) is 26.4 Å². The molecule has 2 heteroatoms. The summed E-state index contributed by atoms with van der Waals surface area (Å²) >= 11 is 0. The van der Waals surface area contributed by atoms with Gasteiger partial charge in [-0.1, -0.05) is 37.3 Å². The molecule has 0 aliphatic heterocycles. The third-order valence-corrected chi connectivity index (χ3v) is 6.35. The SMILES string of the molecule is CCO[Si](C)(CC)c1ccccc1. The van der Waals surface area contributed by atoms with Crippen LogP contribution in [-0.2, 0) is 4.43 Å². The van der Waals surface area contributed by atoms with E-state index >= 15 is 0 Å². The molecule has 0 amide bonds. The molecule has 13 heavy (non-hydrogen) atoms. The highest BCUT2D eigenvalue weighted by molar-refractivity contribution is 6.85. The maximum Gasteiger partial charge on any atom is 0.220 e. The number of hydrogen-bond acceptors (Lipinski definition) is 1. The predicted molar refractivity (Wildman–Crippen MR) is 59.8 cm³/mol. The Kier molecular flexibility index (Phi) is 3.69. The highest BCUT2D eigenvalue weighted by atomic mass is 28.4. The van der Waals surface area contributed by atoms with Crippen molar-refractivity contribution in [3.8, 4) is 0 Å². The Morgan fingerprint density at radius 1 is 1.15 bits per heavy atom. The van der Waals surface area contributed by atoms with Crippen LogP contribution in [0.4, 0.5) is 0 Å². The van der Waals surface area contributed by atoms with Gasteiger partial charge >= 0.3 is 0 Å². The van der Waals surface area contributed by atoms with Gasteiger partial charge in [-0.05, 0) is 24.7 Å². The van der Waals surface area contributed by atoms with Gasteiger partial charge in [0.15, 0.2) is 0 Å². The standard InChI is InChI=1S/C11H18OSi/c1-4-12-13(3,5-2)11-9-7-6-8-10-11/h6-10H,4-5H2,1-3H3. The van der Waals surface area contributed by atoms with E-state index < -0.39 is 8.32 Å². The lowest BCUT2D eigenvalue weighted by molar-refractivity contribution is 0.335. The normalized spacial score (nSPS) is 15.3. The first-order valence-corrected chi connectivity index (χ1v) is 7.54. The second-order valence-electron chi connectivity index (χ2n) is 3.38. The Hall–Kier alpha value is -0.603. The van der Waals surface area contributed by atoms with Gasteiger partial charge in [-0.25, -0.2) is 0 Å². The van der Waals surface area contributed by atoms with Crippen LogP contribution in [0.1, 0.15) is 13.8 Å². The first-order valence-electron chi connectivity index (χ1n) is 4.92. The van der Waals surface area contributed by atoms with E-state index in [1.54, 1.807) is 0 Å². The van der Waals surface area contributed by atoms with Crippen molar-refractivity contribution in [3.05, 3.63) is 30.3 Å². The lowest BCUT2D eigenvalue weighted by atomic mass is 10.4. The first-order chi connectivity index (χ1) is 6.23. The van der Waals surface area contributed by atoms with Crippen molar-refractivity contribution < 1.29 is 4.43 Å². The van der Waals surface area contributed by atoms with Crippen molar-refractivity contribution in [2.24, 2.45) is 0 Å². The van der Waals surface area contributed by atoms with Crippen LogP contribution in [0.5, 0.6) is 0 Å². The lowest BCUT2D eigenvalue weighted by Gasteiger charge is -2.25. The van der Waals surface area contributed by atoms with Crippen LogP contribution >= 0.6 is 0 Å². The maximum absolute atomic E-state index is 5.90. The Balaban J connectivity index is 2.89. The first kappa shape index (κ1) is 10.5. The fourth-order valence-electron chi connectivity index (χ4n) is 1.50. The zero-order valence-corrected chi connectivity index (χ0v) is 9.71. The summed E-state index contributed by atoms with van der Waals surface area (Å²) in [7, 11) is -1.60. The van der Waals surface area contributed by atoms with E-state index in [9.17, 15) is 0 Å². The zero-order chi connectivity index (χ0) is 9.73. The molecular formula is C11H18OSi. The van der Waals surface area contributed by atoms with E-state index in [1.807, 2.05) is 0 Å². The van der Waals surface area contributed by atoms with Crippen molar-refractivity contribution in [2.75, 3.05) is 6.61 Å². The van der Waals surface area contributed by atoms with Crippen LogP contribution in [0.2, 0.25) is 12.6 Å². The number of benzene rings is 1. The minimum absolute atomic E-state index is 0.825. The molecule has 0 spiro atoms. The van der Waals surface area contributed by atoms with Gasteiger partial charge in [0.05, 0.1) is 0 Å². The van der Waals surface area contributed by atoms with E-state index in [2.05, 4.69) is 50.7 Å². The average Bonchev–Trinajstić information content (AvgIpc) is 2.19. The molecule has 1 unspecified atom stereocenters. The molecule has 1 aromatic carbocycles. The summed E-state index contributed by atoms with van der Waals surface area (Å²) in [5.41, 5.74) is 0. The van der Waals surface area contributed by atoms with Gasteiger partial charge in [-0.2, -0.15) is 0 Å². The minimum Gasteiger partial charge on any atom is -0.413 e. The largest absolute Gasteiger partial charge is 0.413 e. The molecule has 1 aromatic rings. The summed E-state index contributed by atoms with van der Waals surface area (Å²) in [5, 5.41) is 1.40. The second-order valence-corrected chi connectivity index (χ2v) is 7.42. The van der Waals surface area contributed by atoms with E-state index in [1.165, 1.54) is 5.19 Å². The zero-order valence-electron chi connectivity index (χ0n) is 8.71. The van der Waals surface area contributed by atoms with Gasteiger partial charge in [-0.3, -0.25) is 0 Å². The van der Waals surface area contributed by atoms with Crippen LogP contribution in [-0.4, -0.2) is 14.9 Å².